The van der Waals surface area contributed by atoms with E-state index < -0.39 is 0 Å². The Morgan fingerprint density at radius 1 is 1.11 bits per heavy atom. The Morgan fingerprint density at radius 2 is 1.82 bits per heavy atom. The van der Waals surface area contributed by atoms with Crippen LogP contribution in [-0.4, -0.2) is 74.6 Å². The van der Waals surface area contributed by atoms with Crippen LogP contribution < -0.4 is 4.90 Å². The molecule has 0 unspecified atom stereocenters. The first-order valence-corrected chi connectivity index (χ1v) is 10.6. The van der Waals surface area contributed by atoms with Gasteiger partial charge in [0, 0.05) is 45.3 Å². The predicted molar refractivity (Wildman–Crippen MR) is 108 cm³/mol. The van der Waals surface area contributed by atoms with Crippen molar-refractivity contribution >= 4 is 17.5 Å². The van der Waals surface area contributed by atoms with E-state index in [4.69, 9.17) is 4.74 Å². The van der Waals surface area contributed by atoms with Crippen molar-refractivity contribution in [2.75, 3.05) is 57.9 Å². The SMILES string of the molecule is CN1C(=O)[C@@H](CC(=O)N2CCC(CCN3CCOCC3)CC2)c2ccccc21. The second-order valence-corrected chi connectivity index (χ2v) is 8.28. The number of hydrogen-bond acceptors (Lipinski definition) is 4. The third kappa shape index (κ3) is 4.08. The minimum atomic E-state index is -0.326. The largest absolute Gasteiger partial charge is 0.379 e. The Bertz CT molecular complexity index is 709. The number of carbonyl (C=O) groups excluding carboxylic acids is 2. The van der Waals surface area contributed by atoms with Crippen LogP contribution in [0.25, 0.3) is 0 Å². The summed E-state index contributed by atoms with van der Waals surface area (Å²) in [6, 6.07) is 7.82. The lowest BCUT2D eigenvalue weighted by molar-refractivity contribution is -0.135. The number of morpholine rings is 1. The molecule has 0 aromatic heterocycles. The van der Waals surface area contributed by atoms with Gasteiger partial charge in [0.15, 0.2) is 0 Å². The van der Waals surface area contributed by atoms with E-state index in [1.54, 1.807) is 11.9 Å². The van der Waals surface area contributed by atoms with E-state index >= 15 is 0 Å². The van der Waals surface area contributed by atoms with Crippen molar-refractivity contribution in [1.29, 1.82) is 0 Å². The standard InChI is InChI=1S/C22H31N3O3/c1-23-20-5-3-2-4-18(20)19(22(23)27)16-21(26)25-10-7-17(8-11-25)6-9-24-12-14-28-15-13-24/h2-5,17,19H,6-16H2,1H3/t19-/m0/s1. The molecule has 2 amide bonds. The van der Waals surface area contributed by atoms with E-state index in [2.05, 4.69) is 4.90 Å². The van der Waals surface area contributed by atoms with E-state index in [0.717, 1.165) is 70.0 Å². The van der Waals surface area contributed by atoms with Gasteiger partial charge in [-0.15, -0.1) is 0 Å². The van der Waals surface area contributed by atoms with Crippen LogP contribution in [0.15, 0.2) is 24.3 Å². The van der Waals surface area contributed by atoms with Crippen LogP contribution in [0, 0.1) is 5.92 Å². The van der Waals surface area contributed by atoms with Gasteiger partial charge in [0.25, 0.3) is 0 Å². The van der Waals surface area contributed by atoms with Crippen molar-refractivity contribution < 1.29 is 14.3 Å². The molecule has 4 rings (SSSR count). The van der Waals surface area contributed by atoms with Gasteiger partial charge in [0.05, 0.1) is 19.1 Å². The summed E-state index contributed by atoms with van der Waals surface area (Å²) in [7, 11) is 1.80. The molecule has 6 heteroatoms. The Kier molecular flexibility index (Phi) is 5.97. The Labute approximate surface area is 167 Å². The van der Waals surface area contributed by atoms with Gasteiger partial charge in [0.2, 0.25) is 11.8 Å². The van der Waals surface area contributed by atoms with Crippen LogP contribution in [0.1, 0.15) is 37.2 Å². The second-order valence-electron chi connectivity index (χ2n) is 8.28. The molecule has 3 aliphatic rings. The molecule has 0 bridgehead atoms. The summed E-state index contributed by atoms with van der Waals surface area (Å²) in [6.45, 7) is 6.58. The van der Waals surface area contributed by atoms with Crippen LogP contribution in [0.4, 0.5) is 5.69 Å². The first kappa shape index (κ1) is 19.4. The maximum atomic E-state index is 12.9. The number of amides is 2. The number of likely N-dealkylation sites (tertiary alicyclic amines) is 1. The van der Waals surface area contributed by atoms with Crippen molar-refractivity contribution in [2.24, 2.45) is 5.92 Å². The van der Waals surface area contributed by atoms with Crippen LogP contribution in [-0.2, 0) is 14.3 Å². The van der Waals surface area contributed by atoms with Gasteiger partial charge in [-0.2, -0.15) is 0 Å². The van der Waals surface area contributed by atoms with Gasteiger partial charge in [-0.05, 0) is 43.4 Å². The van der Waals surface area contributed by atoms with Crippen LogP contribution in [0.5, 0.6) is 0 Å². The molecule has 0 N–H and O–H groups in total. The summed E-state index contributed by atoms with van der Waals surface area (Å²) >= 11 is 0. The second kappa shape index (κ2) is 8.62. The number of carbonyl (C=O) groups is 2. The molecule has 3 aliphatic heterocycles. The van der Waals surface area contributed by atoms with Gasteiger partial charge < -0.3 is 14.5 Å². The van der Waals surface area contributed by atoms with Crippen molar-refractivity contribution in [3.8, 4) is 0 Å². The maximum absolute atomic E-state index is 12.9. The maximum Gasteiger partial charge on any atom is 0.234 e. The van der Waals surface area contributed by atoms with E-state index in [-0.39, 0.29) is 17.7 Å². The first-order valence-electron chi connectivity index (χ1n) is 10.6. The fraction of sp³-hybridized carbons (Fsp3) is 0.636. The van der Waals surface area contributed by atoms with Gasteiger partial charge in [-0.25, -0.2) is 0 Å². The molecule has 2 fully saturated rings. The third-order valence-corrected chi connectivity index (χ3v) is 6.61. The highest BCUT2D eigenvalue weighted by Crippen LogP contribution is 2.38. The minimum absolute atomic E-state index is 0.0370. The molecule has 152 valence electrons. The van der Waals surface area contributed by atoms with E-state index in [0.29, 0.717) is 12.3 Å². The van der Waals surface area contributed by atoms with Gasteiger partial charge in [-0.3, -0.25) is 14.5 Å². The smallest absolute Gasteiger partial charge is 0.234 e. The predicted octanol–water partition coefficient (Wildman–Crippen LogP) is 2.10. The van der Waals surface area contributed by atoms with Crippen molar-refractivity contribution in [1.82, 2.24) is 9.80 Å². The lowest BCUT2D eigenvalue weighted by atomic mass is 9.92. The van der Waals surface area contributed by atoms with E-state index in [1.807, 2.05) is 29.2 Å². The Balaban J connectivity index is 1.26. The van der Waals surface area contributed by atoms with E-state index in [9.17, 15) is 9.59 Å². The monoisotopic (exact) mass is 385 g/mol. The Morgan fingerprint density at radius 3 is 2.57 bits per heavy atom. The molecule has 2 saturated heterocycles. The molecular formula is C22H31N3O3. The highest BCUT2D eigenvalue weighted by molar-refractivity contribution is 6.06. The lowest BCUT2D eigenvalue weighted by Crippen LogP contribution is -2.41. The van der Waals surface area contributed by atoms with Crippen LogP contribution >= 0.6 is 0 Å². The van der Waals surface area contributed by atoms with Gasteiger partial charge >= 0.3 is 0 Å². The molecule has 1 atom stereocenters. The zero-order chi connectivity index (χ0) is 19.5. The molecule has 0 saturated carbocycles. The summed E-state index contributed by atoms with van der Waals surface area (Å²) in [5.41, 5.74) is 1.93. The molecule has 3 heterocycles. The van der Waals surface area contributed by atoms with Gasteiger partial charge in [-0.1, -0.05) is 18.2 Å². The minimum Gasteiger partial charge on any atom is -0.379 e. The number of ether oxygens (including phenoxy) is 1. The number of piperidine rings is 1. The highest BCUT2D eigenvalue weighted by Gasteiger charge is 2.37. The number of anilines is 1. The van der Waals surface area contributed by atoms with Gasteiger partial charge in [0.1, 0.15) is 0 Å². The zero-order valence-corrected chi connectivity index (χ0v) is 16.8. The Hall–Kier alpha value is -1.92. The molecule has 28 heavy (non-hydrogen) atoms. The molecule has 0 aliphatic carbocycles. The molecule has 0 spiro atoms. The molecule has 0 radical (unpaired) electrons. The average Bonchev–Trinajstić information content (AvgIpc) is 2.98. The quantitative estimate of drug-likeness (QED) is 0.779. The molecule has 1 aromatic rings. The summed E-state index contributed by atoms with van der Waals surface area (Å²) in [5, 5.41) is 0. The summed E-state index contributed by atoms with van der Waals surface area (Å²) in [4.78, 5) is 31.6. The summed E-state index contributed by atoms with van der Waals surface area (Å²) in [6.07, 6.45) is 3.65. The number of rotatable bonds is 5. The fourth-order valence-electron chi connectivity index (χ4n) is 4.74. The van der Waals surface area contributed by atoms with Crippen molar-refractivity contribution in [3.63, 3.8) is 0 Å². The zero-order valence-electron chi connectivity index (χ0n) is 16.8. The van der Waals surface area contributed by atoms with E-state index in [1.165, 1.54) is 6.42 Å². The number of hydrogen-bond donors (Lipinski definition) is 0. The molecular weight excluding hydrogens is 354 g/mol. The van der Waals surface area contributed by atoms with Crippen LogP contribution in [0.2, 0.25) is 0 Å². The third-order valence-electron chi connectivity index (χ3n) is 6.61. The highest BCUT2D eigenvalue weighted by atomic mass is 16.5. The summed E-state index contributed by atoms with van der Waals surface area (Å²) < 4.78 is 5.41. The van der Waals surface area contributed by atoms with Crippen molar-refractivity contribution in [2.45, 2.75) is 31.6 Å². The number of benzene rings is 1. The fourth-order valence-corrected chi connectivity index (χ4v) is 4.74. The van der Waals surface area contributed by atoms with Crippen LogP contribution in [0.3, 0.4) is 0 Å². The normalized spacial score (nSPS) is 23.9. The molecule has 6 nitrogen and oxygen atoms in total. The first-order chi connectivity index (χ1) is 13.6. The van der Waals surface area contributed by atoms with Crippen molar-refractivity contribution in [3.05, 3.63) is 29.8 Å². The number of nitrogens with zero attached hydrogens (tertiary/aromatic N) is 3. The number of fused-ring (bicyclic) bond motifs is 1. The number of para-hydroxylation sites is 1. The average molecular weight is 386 g/mol. The number of likely N-dealkylation sites (N-methyl/N-ethyl adjacent to an activating group) is 1. The topological polar surface area (TPSA) is 53.1 Å². The lowest BCUT2D eigenvalue weighted by Gasteiger charge is -2.34. The molecule has 1 aromatic carbocycles. The summed E-state index contributed by atoms with van der Waals surface area (Å²) in [5.74, 6) is 0.532.